The van der Waals surface area contributed by atoms with E-state index in [9.17, 15) is 5.11 Å². The van der Waals surface area contributed by atoms with Gasteiger partial charge < -0.3 is 19.0 Å². The molecule has 46 heavy (non-hydrogen) atoms. The van der Waals surface area contributed by atoms with Crippen LogP contribution in [0.3, 0.4) is 0 Å². The van der Waals surface area contributed by atoms with Gasteiger partial charge in [-0.2, -0.15) is 0 Å². The van der Waals surface area contributed by atoms with E-state index in [0.717, 1.165) is 39.0 Å². The number of aliphatic hydroxyl groups is 1. The number of rotatable bonds is 24. The molecular formula is C40H73NO4Si. The molecule has 0 bridgehead atoms. The van der Waals surface area contributed by atoms with Gasteiger partial charge in [0.2, 0.25) is 0 Å². The minimum Gasteiger partial charge on any atom is -0.411 e. The molecule has 1 aromatic rings. The van der Waals surface area contributed by atoms with Crippen LogP contribution in [-0.2, 0) is 20.5 Å². The van der Waals surface area contributed by atoms with Crippen molar-refractivity contribution < 1.29 is 19.0 Å². The standard InChI is InChI=1S/C40H73NO4Si/c1-7-8-9-10-11-12-13-14-15-16-17-18-19-23-29-43-37-30-35(31-41-28-24-27-36(41)32-42)38(45-46(5,6)40(2,3)4)39(37)44-33-34-25-21-20-22-26-34/h20-22,25-26,35-39,42H,7-19,23-24,27-33H2,1-6H3/t35-,36+,37+,38-,39-/m1/s1. The highest BCUT2D eigenvalue weighted by Crippen LogP contribution is 2.43. The van der Waals surface area contributed by atoms with Gasteiger partial charge in [-0.25, -0.2) is 0 Å². The van der Waals surface area contributed by atoms with E-state index in [-0.39, 0.29) is 36.0 Å². The van der Waals surface area contributed by atoms with E-state index in [1.807, 2.05) is 0 Å². The molecule has 2 aliphatic rings. The first kappa shape index (κ1) is 39.7. The summed E-state index contributed by atoms with van der Waals surface area (Å²) in [6.07, 6.45) is 22.3. The maximum atomic E-state index is 10.1. The molecular weight excluding hydrogens is 587 g/mol. The Labute approximate surface area is 285 Å². The van der Waals surface area contributed by atoms with Gasteiger partial charge in [0.25, 0.3) is 0 Å². The van der Waals surface area contributed by atoms with Crippen molar-refractivity contribution in [3.8, 4) is 0 Å². The summed E-state index contributed by atoms with van der Waals surface area (Å²) < 4.78 is 20.8. The fourth-order valence-corrected chi connectivity index (χ4v) is 8.57. The predicted octanol–water partition coefficient (Wildman–Crippen LogP) is 10.3. The second-order valence-corrected chi connectivity index (χ2v) is 20.8. The van der Waals surface area contributed by atoms with Gasteiger partial charge in [0.15, 0.2) is 8.32 Å². The molecule has 0 amide bonds. The highest BCUT2D eigenvalue weighted by Gasteiger charge is 2.51. The minimum absolute atomic E-state index is 0.00545. The van der Waals surface area contributed by atoms with Crippen molar-refractivity contribution in [2.45, 2.75) is 186 Å². The van der Waals surface area contributed by atoms with Crippen molar-refractivity contribution in [1.82, 2.24) is 4.90 Å². The highest BCUT2D eigenvalue weighted by atomic mass is 28.4. The van der Waals surface area contributed by atoms with E-state index in [0.29, 0.717) is 12.5 Å². The molecule has 0 aromatic heterocycles. The summed E-state index contributed by atoms with van der Waals surface area (Å²) in [6, 6.07) is 10.8. The van der Waals surface area contributed by atoms with Gasteiger partial charge in [0.1, 0.15) is 6.10 Å². The first-order valence-corrected chi connectivity index (χ1v) is 22.4. The van der Waals surface area contributed by atoms with Gasteiger partial charge in [0, 0.05) is 25.1 Å². The van der Waals surface area contributed by atoms with Gasteiger partial charge in [-0.3, -0.25) is 4.90 Å². The molecule has 5 nitrogen and oxygen atoms in total. The average molecular weight is 660 g/mol. The lowest BCUT2D eigenvalue weighted by Gasteiger charge is -2.42. The molecule has 3 rings (SSSR count). The molecule has 1 aliphatic carbocycles. The Morgan fingerprint density at radius 1 is 0.804 bits per heavy atom. The third-order valence-electron chi connectivity index (χ3n) is 11.2. The third kappa shape index (κ3) is 13.6. The smallest absolute Gasteiger partial charge is 0.192 e. The molecule has 6 heteroatoms. The fourth-order valence-electron chi connectivity index (χ4n) is 7.21. The summed E-state index contributed by atoms with van der Waals surface area (Å²) in [5.41, 5.74) is 1.20. The lowest BCUT2D eigenvalue weighted by Crippen LogP contribution is -2.50. The van der Waals surface area contributed by atoms with Gasteiger partial charge in [-0.05, 0) is 55.9 Å². The lowest BCUT2D eigenvalue weighted by molar-refractivity contribution is -0.0985. The third-order valence-corrected chi connectivity index (χ3v) is 15.7. The van der Waals surface area contributed by atoms with Crippen molar-refractivity contribution in [1.29, 1.82) is 0 Å². The highest BCUT2D eigenvalue weighted by molar-refractivity contribution is 6.74. The number of hydrogen-bond donors (Lipinski definition) is 1. The van der Waals surface area contributed by atoms with Crippen LogP contribution in [0.2, 0.25) is 18.1 Å². The Hall–Kier alpha value is -0.763. The zero-order valence-corrected chi connectivity index (χ0v) is 31.9. The van der Waals surface area contributed by atoms with Crippen molar-refractivity contribution >= 4 is 8.32 Å². The van der Waals surface area contributed by atoms with Crippen LogP contribution in [0.4, 0.5) is 0 Å². The SMILES string of the molecule is CCCCCCCCCCCCCCCCO[C@H]1C[C@H](CN2CCC[C@H]2CO)[C@@H](O[Si](C)(C)C(C)(C)C)[C@@H]1OCc1ccccc1. The molecule has 0 spiro atoms. The largest absolute Gasteiger partial charge is 0.411 e. The second kappa shape index (κ2) is 21.3. The van der Waals surface area contributed by atoms with Crippen LogP contribution in [0, 0.1) is 5.92 Å². The number of hydrogen-bond acceptors (Lipinski definition) is 5. The predicted molar refractivity (Wildman–Crippen MR) is 197 cm³/mol. The van der Waals surface area contributed by atoms with E-state index < -0.39 is 8.32 Å². The maximum Gasteiger partial charge on any atom is 0.192 e. The van der Waals surface area contributed by atoms with Crippen molar-refractivity contribution in [3.63, 3.8) is 0 Å². The summed E-state index contributed by atoms with van der Waals surface area (Å²) in [7, 11) is -2.05. The molecule has 1 aromatic carbocycles. The van der Waals surface area contributed by atoms with Crippen LogP contribution in [0.5, 0.6) is 0 Å². The van der Waals surface area contributed by atoms with Crippen LogP contribution < -0.4 is 0 Å². The van der Waals surface area contributed by atoms with E-state index in [1.165, 1.54) is 95.5 Å². The fraction of sp³-hybridized carbons (Fsp3) is 0.850. The molecule has 0 radical (unpaired) electrons. The molecule has 1 saturated heterocycles. The van der Waals surface area contributed by atoms with Gasteiger partial charge in [-0.15, -0.1) is 0 Å². The first-order valence-electron chi connectivity index (χ1n) is 19.5. The van der Waals surface area contributed by atoms with Crippen LogP contribution in [0.15, 0.2) is 30.3 Å². The van der Waals surface area contributed by atoms with Gasteiger partial charge in [0.05, 0.1) is 25.4 Å². The summed E-state index contributed by atoms with van der Waals surface area (Å²) >= 11 is 0. The Kier molecular flexibility index (Phi) is 18.4. The molecule has 1 saturated carbocycles. The number of unbranched alkanes of at least 4 members (excludes halogenated alkanes) is 13. The van der Waals surface area contributed by atoms with E-state index in [1.54, 1.807) is 0 Å². The van der Waals surface area contributed by atoms with Crippen LogP contribution in [-0.4, -0.2) is 69.0 Å². The summed E-state index contributed by atoms with van der Waals surface area (Å²) in [4.78, 5) is 2.51. The first-order chi connectivity index (χ1) is 22.2. The average Bonchev–Trinajstić information content (AvgIpc) is 3.61. The van der Waals surface area contributed by atoms with E-state index in [4.69, 9.17) is 13.9 Å². The van der Waals surface area contributed by atoms with Gasteiger partial charge in [-0.1, -0.05) is 141 Å². The second-order valence-electron chi connectivity index (χ2n) is 16.1. The molecule has 2 fully saturated rings. The topological polar surface area (TPSA) is 51.2 Å². The molecule has 0 unspecified atom stereocenters. The minimum atomic E-state index is -2.05. The zero-order chi connectivity index (χ0) is 33.3. The van der Waals surface area contributed by atoms with Crippen LogP contribution in [0.1, 0.15) is 142 Å². The summed E-state index contributed by atoms with van der Waals surface area (Å²) in [5.74, 6) is 0.336. The lowest BCUT2D eigenvalue weighted by atomic mass is 10.0. The van der Waals surface area contributed by atoms with Gasteiger partial charge >= 0.3 is 0 Å². The Bertz CT molecular complexity index is 906. The Morgan fingerprint density at radius 3 is 1.96 bits per heavy atom. The van der Waals surface area contributed by atoms with Crippen LogP contribution >= 0.6 is 0 Å². The molecule has 5 atom stereocenters. The van der Waals surface area contributed by atoms with Crippen molar-refractivity contribution in [3.05, 3.63) is 35.9 Å². The normalized spacial score (nSPS) is 24.3. The summed E-state index contributed by atoms with van der Waals surface area (Å²) in [5, 5.41) is 10.2. The van der Waals surface area contributed by atoms with Crippen molar-refractivity contribution in [2.24, 2.45) is 5.92 Å². The number of aliphatic hydroxyl groups excluding tert-OH is 1. The Balaban J connectivity index is 1.52. The van der Waals surface area contributed by atoms with E-state index in [2.05, 4.69) is 76.0 Å². The maximum absolute atomic E-state index is 10.1. The van der Waals surface area contributed by atoms with E-state index >= 15 is 0 Å². The zero-order valence-electron chi connectivity index (χ0n) is 30.9. The number of benzene rings is 1. The number of nitrogens with zero attached hydrogens (tertiary/aromatic N) is 1. The van der Waals surface area contributed by atoms with Crippen LogP contribution in [0.25, 0.3) is 0 Å². The molecule has 1 heterocycles. The quantitative estimate of drug-likeness (QED) is 0.0884. The Morgan fingerprint density at radius 2 is 1.39 bits per heavy atom. The molecule has 1 aliphatic heterocycles. The monoisotopic (exact) mass is 660 g/mol. The molecule has 1 N–H and O–H groups in total. The number of ether oxygens (including phenoxy) is 2. The van der Waals surface area contributed by atoms with Crippen molar-refractivity contribution in [2.75, 3.05) is 26.3 Å². The summed E-state index contributed by atoms with van der Waals surface area (Å²) in [6.45, 7) is 17.7. The number of likely N-dealkylation sites (tertiary alicyclic amines) is 1. The molecule has 266 valence electrons.